The molecule has 178 valence electrons. The minimum atomic E-state index is -4.51. The summed E-state index contributed by atoms with van der Waals surface area (Å²) >= 11 is 0. The van der Waals surface area contributed by atoms with E-state index in [0.29, 0.717) is 31.5 Å². The van der Waals surface area contributed by atoms with E-state index in [1.165, 1.54) is 6.20 Å². The van der Waals surface area contributed by atoms with Gasteiger partial charge in [0, 0.05) is 19.5 Å². The van der Waals surface area contributed by atoms with Crippen LogP contribution in [-0.2, 0) is 5.60 Å². The minimum absolute atomic E-state index is 0.0799. The Morgan fingerprint density at radius 2 is 1.65 bits per heavy atom. The lowest BCUT2D eigenvalue weighted by atomic mass is 9.84. The number of carbonyl (C=O) groups excluding carboxylic acids is 1. The van der Waals surface area contributed by atoms with Crippen LogP contribution in [0.15, 0.2) is 66.9 Å². The van der Waals surface area contributed by atoms with Gasteiger partial charge in [0.1, 0.15) is 11.4 Å². The van der Waals surface area contributed by atoms with Gasteiger partial charge < -0.3 is 15.3 Å². The van der Waals surface area contributed by atoms with Crippen molar-refractivity contribution >= 4 is 11.7 Å². The maximum Gasteiger partial charge on any atom is 0.410 e. The van der Waals surface area contributed by atoms with Crippen molar-refractivity contribution in [3.63, 3.8) is 0 Å². The molecule has 2 aliphatic heterocycles. The van der Waals surface area contributed by atoms with E-state index in [4.69, 9.17) is 0 Å². The third-order valence-electron chi connectivity index (χ3n) is 6.86. The number of carbonyl (C=O) groups is 1. The summed E-state index contributed by atoms with van der Waals surface area (Å²) in [7, 11) is 0. The van der Waals surface area contributed by atoms with Crippen molar-refractivity contribution in [2.45, 2.75) is 43.1 Å². The second-order valence-corrected chi connectivity index (χ2v) is 8.94. The highest BCUT2D eigenvalue weighted by Gasteiger charge is 2.47. The smallest absolute Gasteiger partial charge is 0.385 e. The number of piperidine rings is 1. The number of halogens is 3. The van der Waals surface area contributed by atoms with Gasteiger partial charge in [0.25, 0.3) is 5.91 Å². The first-order valence-corrected chi connectivity index (χ1v) is 11.3. The Balaban J connectivity index is 1.40. The molecule has 3 heterocycles. The topological polar surface area (TPSA) is 70.4 Å². The molecular formula is C25H25F3N4O2. The second-order valence-electron chi connectivity index (χ2n) is 8.94. The molecule has 0 bridgehead atoms. The normalized spacial score (nSPS) is 22.1. The molecule has 1 saturated heterocycles. The summed E-state index contributed by atoms with van der Waals surface area (Å²) in [5.74, 6) is -0.310. The molecule has 0 aliphatic carbocycles. The summed E-state index contributed by atoms with van der Waals surface area (Å²) in [6.07, 6.45) is -2.82. The number of amides is 1. The van der Waals surface area contributed by atoms with Crippen LogP contribution in [0.1, 0.15) is 52.8 Å². The lowest BCUT2D eigenvalue weighted by Gasteiger charge is -2.39. The fraction of sp³-hybridized carbons (Fsp3) is 0.360. The van der Waals surface area contributed by atoms with Crippen molar-refractivity contribution in [2.75, 3.05) is 18.4 Å². The van der Waals surface area contributed by atoms with Crippen LogP contribution < -0.4 is 5.32 Å². The van der Waals surface area contributed by atoms with Gasteiger partial charge >= 0.3 is 6.18 Å². The first-order valence-electron chi connectivity index (χ1n) is 11.3. The average molecular weight is 470 g/mol. The number of aromatic nitrogens is 2. The largest absolute Gasteiger partial charge is 0.410 e. The Labute approximate surface area is 195 Å². The van der Waals surface area contributed by atoms with Crippen molar-refractivity contribution in [3.8, 4) is 0 Å². The monoisotopic (exact) mass is 470 g/mol. The molecule has 1 amide bonds. The predicted octanol–water partition coefficient (Wildman–Crippen LogP) is 4.67. The van der Waals surface area contributed by atoms with Gasteiger partial charge in [-0.25, -0.2) is 4.68 Å². The van der Waals surface area contributed by atoms with Gasteiger partial charge in [-0.15, -0.1) is 0 Å². The molecule has 2 unspecified atom stereocenters. The summed E-state index contributed by atoms with van der Waals surface area (Å²) in [6, 6.07) is 15.8. The fourth-order valence-corrected chi connectivity index (χ4v) is 4.91. The Kier molecular flexibility index (Phi) is 5.59. The SMILES string of the molecule is O=C(c1cnn2c1NC(c1ccccc1)CC2C(F)(F)F)N1CCC(O)(c2ccccc2)CC1. The van der Waals surface area contributed by atoms with Gasteiger partial charge in [0.15, 0.2) is 6.04 Å². The van der Waals surface area contributed by atoms with Gasteiger partial charge in [0.05, 0.1) is 17.8 Å². The van der Waals surface area contributed by atoms with E-state index in [1.807, 2.05) is 30.3 Å². The number of likely N-dealkylation sites (tertiary alicyclic amines) is 1. The highest BCUT2D eigenvalue weighted by Crippen LogP contribution is 2.44. The number of hydrogen-bond acceptors (Lipinski definition) is 4. The second kappa shape index (κ2) is 8.47. The average Bonchev–Trinajstić information content (AvgIpc) is 3.28. The van der Waals surface area contributed by atoms with Crippen LogP contribution >= 0.6 is 0 Å². The number of fused-ring (bicyclic) bond motifs is 1. The molecule has 2 aromatic carbocycles. The first kappa shape index (κ1) is 22.5. The molecule has 0 saturated carbocycles. The molecule has 5 rings (SSSR count). The van der Waals surface area contributed by atoms with Crippen molar-refractivity contribution < 1.29 is 23.1 Å². The molecule has 1 fully saturated rings. The van der Waals surface area contributed by atoms with Crippen LogP contribution in [0.5, 0.6) is 0 Å². The van der Waals surface area contributed by atoms with Gasteiger partial charge in [-0.3, -0.25) is 4.79 Å². The van der Waals surface area contributed by atoms with Crippen LogP contribution in [0, 0.1) is 0 Å². The summed E-state index contributed by atoms with van der Waals surface area (Å²) in [6.45, 7) is 0.583. The maximum atomic E-state index is 13.9. The molecule has 6 nitrogen and oxygen atoms in total. The zero-order chi connectivity index (χ0) is 23.9. The number of hydrogen-bond donors (Lipinski definition) is 2. The number of aliphatic hydroxyl groups is 1. The molecule has 1 aromatic heterocycles. The Morgan fingerprint density at radius 1 is 1.03 bits per heavy atom. The van der Waals surface area contributed by atoms with Crippen LogP contribution in [-0.4, -0.2) is 45.0 Å². The number of rotatable bonds is 3. The number of anilines is 1. The molecule has 34 heavy (non-hydrogen) atoms. The zero-order valence-electron chi connectivity index (χ0n) is 18.4. The van der Waals surface area contributed by atoms with Crippen molar-refractivity contribution in [2.24, 2.45) is 0 Å². The fourth-order valence-electron chi connectivity index (χ4n) is 4.91. The summed E-state index contributed by atoms with van der Waals surface area (Å²) < 4.78 is 42.6. The predicted molar refractivity (Wildman–Crippen MR) is 120 cm³/mol. The number of nitrogens with zero attached hydrogens (tertiary/aromatic N) is 3. The van der Waals surface area contributed by atoms with Crippen molar-refractivity contribution in [3.05, 3.63) is 83.6 Å². The molecule has 2 atom stereocenters. The maximum absolute atomic E-state index is 13.9. The molecular weight excluding hydrogens is 445 g/mol. The lowest BCUT2D eigenvalue weighted by molar-refractivity contribution is -0.173. The molecule has 2 N–H and O–H groups in total. The van der Waals surface area contributed by atoms with E-state index in [0.717, 1.165) is 10.2 Å². The van der Waals surface area contributed by atoms with Gasteiger partial charge in [0.2, 0.25) is 0 Å². The Bertz CT molecular complexity index is 1160. The molecule has 9 heteroatoms. The van der Waals surface area contributed by atoms with Crippen LogP contribution in [0.25, 0.3) is 0 Å². The Morgan fingerprint density at radius 3 is 2.26 bits per heavy atom. The molecule has 0 spiro atoms. The van der Waals surface area contributed by atoms with Gasteiger partial charge in [-0.05, 0) is 24.0 Å². The third kappa shape index (κ3) is 4.04. The number of alkyl halides is 3. The molecule has 3 aromatic rings. The van der Waals surface area contributed by atoms with Crippen LogP contribution in [0.3, 0.4) is 0 Å². The third-order valence-corrected chi connectivity index (χ3v) is 6.86. The van der Waals surface area contributed by atoms with E-state index < -0.39 is 29.8 Å². The highest BCUT2D eigenvalue weighted by atomic mass is 19.4. The zero-order valence-corrected chi connectivity index (χ0v) is 18.4. The van der Waals surface area contributed by atoms with E-state index in [1.54, 1.807) is 35.2 Å². The summed E-state index contributed by atoms with van der Waals surface area (Å²) in [5, 5.41) is 18.1. The molecule has 2 aliphatic rings. The highest BCUT2D eigenvalue weighted by molar-refractivity contribution is 5.99. The van der Waals surface area contributed by atoms with Crippen LogP contribution in [0.2, 0.25) is 0 Å². The van der Waals surface area contributed by atoms with Gasteiger partial charge in [-0.2, -0.15) is 18.3 Å². The number of benzene rings is 2. The Hall–Kier alpha value is -3.33. The lowest BCUT2D eigenvalue weighted by Crippen LogP contribution is -2.45. The van der Waals surface area contributed by atoms with E-state index >= 15 is 0 Å². The minimum Gasteiger partial charge on any atom is -0.385 e. The van der Waals surface area contributed by atoms with E-state index in [2.05, 4.69) is 10.4 Å². The van der Waals surface area contributed by atoms with Crippen LogP contribution in [0.4, 0.5) is 19.0 Å². The number of nitrogens with one attached hydrogen (secondary N) is 1. The van der Waals surface area contributed by atoms with Crippen molar-refractivity contribution in [1.29, 1.82) is 0 Å². The van der Waals surface area contributed by atoms with Crippen molar-refractivity contribution in [1.82, 2.24) is 14.7 Å². The molecule has 0 radical (unpaired) electrons. The first-order chi connectivity index (χ1) is 16.3. The standard InChI is InChI=1S/C25H25F3N4O2/c26-25(27,28)21-15-20(17-7-3-1-4-8-17)30-22-19(16-29-32(21)22)23(33)31-13-11-24(34,12-14-31)18-9-5-2-6-10-18/h1-10,16,20-21,30,34H,11-15H2. The summed E-state index contributed by atoms with van der Waals surface area (Å²) in [4.78, 5) is 14.9. The quantitative estimate of drug-likeness (QED) is 0.584. The van der Waals surface area contributed by atoms with E-state index in [9.17, 15) is 23.1 Å². The van der Waals surface area contributed by atoms with E-state index in [-0.39, 0.29) is 17.8 Å². The van der Waals surface area contributed by atoms with Gasteiger partial charge in [-0.1, -0.05) is 60.7 Å². The summed E-state index contributed by atoms with van der Waals surface area (Å²) in [5.41, 5.74) is 0.591.